The van der Waals surface area contributed by atoms with Crippen LogP contribution < -0.4 is 16.0 Å². The van der Waals surface area contributed by atoms with Crippen molar-refractivity contribution < 1.29 is 55.8 Å². The fourth-order valence-electron chi connectivity index (χ4n) is 6.77. The fraction of sp³-hybridized carbons (Fsp3) is 0.900. The Kier molecular flexibility index (Phi) is 18.2. The number of alkyl carbamates (subject to hydrolysis) is 3. The van der Waals surface area contributed by atoms with E-state index < -0.39 is 129 Å². The maximum absolute atomic E-state index is 13.8. The second kappa shape index (κ2) is 20.2. The molecule has 0 radical (unpaired) electrons. The van der Waals surface area contributed by atoms with Crippen LogP contribution in [-0.2, 0) is 41.4 Å². The van der Waals surface area contributed by atoms with Gasteiger partial charge in [0.2, 0.25) is 6.54 Å². The molecule has 10 atom stereocenters. The first-order chi connectivity index (χ1) is 26.7. The minimum atomic E-state index is -2.50. The van der Waals surface area contributed by atoms with Crippen LogP contribution >= 0.6 is 0 Å². The normalized spacial score (nSPS) is 28.5. The number of hydrogen-bond acceptors (Lipinski definition) is 12. The SMILES string of the molecule is [C-]#[N+]C[C@H]1O[C@H](O[C@H]2[C@H](O[Si](C)(C)C)[C@@H](O[Si](C)(C)C)[C@H](NC(=O)OC(C)(C)C)C[C@@H]2NC(=O)OC(C)(C)C)[C@H](NC(=O)OC(C)(C)C)[C@@H](O[Si](C)(C)C)[C@@H]1O[Si](C)(C)C. The van der Waals surface area contributed by atoms with Gasteiger partial charge in [-0.25, -0.2) is 21.0 Å². The Hall–Kier alpha value is -2.07. The third-order valence-corrected chi connectivity index (χ3v) is 12.1. The summed E-state index contributed by atoms with van der Waals surface area (Å²) in [7, 11) is -9.66. The smallest absolute Gasteiger partial charge is 0.408 e. The summed E-state index contributed by atoms with van der Waals surface area (Å²) in [5, 5.41) is 9.09. The van der Waals surface area contributed by atoms with Crippen LogP contribution in [-0.4, -0.2) is 136 Å². The Balaban J connectivity index is 2.98. The van der Waals surface area contributed by atoms with E-state index in [1.807, 2.05) is 78.6 Å². The van der Waals surface area contributed by atoms with Crippen molar-refractivity contribution in [2.75, 3.05) is 6.54 Å². The van der Waals surface area contributed by atoms with E-state index in [0.717, 1.165) is 0 Å². The van der Waals surface area contributed by atoms with E-state index in [4.69, 9.17) is 48.0 Å². The van der Waals surface area contributed by atoms with Gasteiger partial charge in [-0.1, -0.05) is 0 Å². The molecule has 1 aliphatic heterocycles. The molecule has 20 heteroatoms. The molecule has 2 rings (SSSR count). The first-order valence-corrected chi connectivity index (χ1v) is 34.7. The molecule has 2 fully saturated rings. The molecule has 1 saturated heterocycles. The number of ether oxygens (including phenoxy) is 5. The van der Waals surface area contributed by atoms with Gasteiger partial charge in [0.1, 0.15) is 41.2 Å². The summed E-state index contributed by atoms with van der Waals surface area (Å²) in [6, 6.07) is -2.62. The molecule has 1 heterocycles. The van der Waals surface area contributed by atoms with Gasteiger partial charge in [-0.05, 0) is 147 Å². The third kappa shape index (κ3) is 20.0. The lowest BCUT2D eigenvalue weighted by Crippen LogP contribution is -2.72. The third-order valence-electron chi connectivity index (χ3n) is 8.20. The van der Waals surface area contributed by atoms with Gasteiger partial charge in [0.05, 0.1) is 24.3 Å². The van der Waals surface area contributed by atoms with Gasteiger partial charge in [-0.2, -0.15) is 0 Å². The topological polar surface area (TPSA) is 175 Å². The van der Waals surface area contributed by atoms with Crippen LogP contribution in [0.1, 0.15) is 68.7 Å². The molecular weight excluding hydrogens is 841 g/mol. The van der Waals surface area contributed by atoms with E-state index in [2.05, 4.69) is 20.8 Å². The minimum Gasteiger partial charge on any atom is -0.444 e. The lowest BCUT2D eigenvalue weighted by atomic mass is 9.83. The molecule has 1 saturated carbocycles. The average molecular weight is 921 g/mol. The number of amides is 3. The van der Waals surface area contributed by atoms with E-state index in [9.17, 15) is 14.4 Å². The van der Waals surface area contributed by atoms with E-state index in [1.165, 1.54) is 0 Å². The second-order valence-electron chi connectivity index (χ2n) is 22.7. The van der Waals surface area contributed by atoms with E-state index in [0.29, 0.717) is 0 Å². The maximum Gasteiger partial charge on any atom is 0.408 e. The van der Waals surface area contributed by atoms with Gasteiger partial charge in [-0.15, -0.1) is 0 Å². The Labute approximate surface area is 365 Å². The predicted octanol–water partition coefficient (Wildman–Crippen LogP) is 7.98. The highest BCUT2D eigenvalue weighted by atomic mass is 28.4. The molecular formula is C40H80N4O12Si4. The standard InChI is InChI=1S/C40H80N4O12Si4/c1-38(2,3)50-35(45)42-25-23-26(43-36(46)51-39(4,5)6)30(53-57(11,12)13)33(56-60(20,21)22)29(25)49-34-28(44-37(47)52-40(7,8)9)32(55-59(17,18)19)31(54-58(14,15)16)27(48-34)24-41-10/h25-34H,23-24H2,1-9,11-22H3,(H,42,45)(H,43,46)(H,44,47)/t25-,26+,27+,28+,29+,30-,31+,32+,33-,34+/m0/s1. The number of rotatable bonds is 14. The Morgan fingerprint density at radius 2 is 0.900 bits per heavy atom. The number of hydrogen-bond donors (Lipinski definition) is 3. The maximum atomic E-state index is 13.8. The van der Waals surface area contributed by atoms with Gasteiger partial charge in [0.15, 0.2) is 45.7 Å². The van der Waals surface area contributed by atoms with Crippen LogP contribution in [0.3, 0.4) is 0 Å². The molecule has 1 aliphatic carbocycles. The molecule has 3 amide bonds. The van der Waals surface area contributed by atoms with Crippen LogP contribution in [0.4, 0.5) is 14.4 Å². The Morgan fingerprint density at radius 1 is 0.550 bits per heavy atom. The summed E-state index contributed by atoms with van der Waals surface area (Å²) in [6.45, 7) is 48.3. The highest BCUT2D eigenvalue weighted by Crippen LogP contribution is 2.37. The van der Waals surface area contributed by atoms with Crippen molar-refractivity contribution in [3.63, 3.8) is 0 Å². The number of nitrogens with one attached hydrogen (secondary N) is 3. The van der Waals surface area contributed by atoms with Gasteiger partial charge < -0.3 is 62.2 Å². The monoisotopic (exact) mass is 920 g/mol. The van der Waals surface area contributed by atoms with Crippen molar-refractivity contribution >= 4 is 51.5 Å². The molecule has 348 valence electrons. The van der Waals surface area contributed by atoms with E-state index in [-0.39, 0.29) is 13.0 Å². The summed E-state index contributed by atoms with van der Waals surface area (Å²) in [5.74, 6) is 0. The summed E-state index contributed by atoms with van der Waals surface area (Å²) < 4.78 is 58.9. The highest BCUT2D eigenvalue weighted by Gasteiger charge is 2.57. The first-order valence-electron chi connectivity index (χ1n) is 21.1. The highest BCUT2D eigenvalue weighted by molar-refractivity contribution is 6.71. The van der Waals surface area contributed by atoms with Crippen LogP contribution in [0, 0.1) is 6.57 Å². The summed E-state index contributed by atoms with van der Waals surface area (Å²) >= 11 is 0. The molecule has 3 N–H and O–H groups in total. The van der Waals surface area contributed by atoms with Crippen molar-refractivity contribution in [2.45, 2.75) is 225 Å². The van der Waals surface area contributed by atoms with Crippen molar-refractivity contribution in [1.82, 2.24) is 16.0 Å². The largest absolute Gasteiger partial charge is 0.444 e. The van der Waals surface area contributed by atoms with Gasteiger partial charge >= 0.3 is 18.3 Å². The van der Waals surface area contributed by atoms with Crippen LogP contribution in [0.2, 0.25) is 78.6 Å². The lowest BCUT2D eigenvalue weighted by Gasteiger charge is -2.53. The van der Waals surface area contributed by atoms with Crippen LogP contribution in [0.15, 0.2) is 0 Å². The fourth-order valence-corrected chi connectivity index (χ4v) is 11.2. The Morgan fingerprint density at radius 3 is 1.28 bits per heavy atom. The van der Waals surface area contributed by atoms with Crippen molar-refractivity contribution in [1.29, 1.82) is 0 Å². The summed E-state index contributed by atoms with van der Waals surface area (Å²) in [5.41, 5.74) is -2.47. The average Bonchev–Trinajstić information content (AvgIpc) is 2.94. The van der Waals surface area contributed by atoms with Crippen molar-refractivity contribution in [3.05, 3.63) is 11.4 Å². The quantitative estimate of drug-likeness (QED) is 0.0872. The molecule has 0 aromatic heterocycles. The predicted molar refractivity (Wildman–Crippen MR) is 242 cm³/mol. The zero-order valence-electron chi connectivity index (χ0n) is 40.5. The molecule has 2 aliphatic rings. The van der Waals surface area contributed by atoms with E-state index in [1.54, 1.807) is 62.3 Å². The number of carbonyl (C=O) groups is 3. The molecule has 0 spiro atoms. The van der Waals surface area contributed by atoms with Crippen LogP contribution in [0.5, 0.6) is 0 Å². The van der Waals surface area contributed by atoms with Crippen molar-refractivity contribution in [3.8, 4) is 0 Å². The molecule has 16 nitrogen and oxygen atoms in total. The zero-order chi connectivity index (χ0) is 46.6. The zero-order valence-corrected chi connectivity index (χ0v) is 44.5. The molecule has 60 heavy (non-hydrogen) atoms. The Bertz CT molecular complexity index is 1490. The summed E-state index contributed by atoms with van der Waals surface area (Å²) in [6.07, 6.45) is -8.40. The molecule has 0 bridgehead atoms. The van der Waals surface area contributed by atoms with Crippen molar-refractivity contribution in [2.24, 2.45) is 0 Å². The molecule has 0 aromatic carbocycles. The molecule has 0 aromatic rings. The first kappa shape index (κ1) is 54.1. The van der Waals surface area contributed by atoms with E-state index >= 15 is 0 Å². The molecule has 0 unspecified atom stereocenters. The van der Waals surface area contributed by atoms with Crippen LogP contribution in [0.25, 0.3) is 4.85 Å². The number of carbonyl (C=O) groups excluding carboxylic acids is 3. The lowest BCUT2D eigenvalue weighted by molar-refractivity contribution is -0.285. The second-order valence-corrected chi connectivity index (χ2v) is 40.5. The number of nitrogens with zero attached hydrogens (tertiary/aromatic N) is 1. The van der Waals surface area contributed by atoms with Gasteiger partial charge in [-0.3, -0.25) is 0 Å². The minimum absolute atomic E-state index is 0.0813. The van der Waals surface area contributed by atoms with Gasteiger partial charge in [0, 0.05) is 0 Å². The summed E-state index contributed by atoms with van der Waals surface area (Å²) in [4.78, 5) is 44.8. The van der Waals surface area contributed by atoms with Gasteiger partial charge in [0.25, 0.3) is 0 Å².